The van der Waals surface area contributed by atoms with Crippen molar-refractivity contribution < 1.29 is 9.18 Å². The molecule has 2 aromatic heterocycles. The third kappa shape index (κ3) is 3.22. The van der Waals surface area contributed by atoms with Crippen LogP contribution in [0.1, 0.15) is 46.2 Å². The maximum atomic E-state index is 13.7. The Labute approximate surface area is 196 Å². The molecule has 1 fully saturated rings. The number of nitrogens with two attached hydrogens (primary N) is 2. The second kappa shape index (κ2) is 7.73. The average molecular weight is 460 g/mol. The molecule has 174 valence electrons. The number of hydrogen-bond acceptors (Lipinski definition) is 7. The van der Waals surface area contributed by atoms with E-state index in [2.05, 4.69) is 19.9 Å². The standard InChI is InChI=1S/C25H26FN7O/c26-16-3-4-17-15(12-16)13-25(22(17)27)6-10-32(11-7-25)20-14-30-21(23(28)31-20)24(34)33-9-5-18-19(33)2-1-8-29-18/h1-4,8,12,14,22H,5-7,9-11,13,27H2,(H2,28,31)/t22-/m1/s1. The van der Waals surface area contributed by atoms with Gasteiger partial charge in [-0.1, -0.05) is 6.07 Å². The van der Waals surface area contributed by atoms with Crippen LogP contribution in [0.3, 0.4) is 0 Å². The lowest BCUT2D eigenvalue weighted by Gasteiger charge is -2.42. The van der Waals surface area contributed by atoms with E-state index in [1.165, 1.54) is 6.07 Å². The molecular formula is C25H26FN7O. The fourth-order valence-electron chi connectivity index (χ4n) is 5.77. The number of carbonyl (C=O) groups excluding carboxylic acids is 1. The number of halogens is 1. The van der Waals surface area contributed by atoms with E-state index in [9.17, 15) is 9.18 Å². The van der Waals surface area contributed by atoms with Crippen molar-refractivity contribution in [1.29, 1.82) is 0 Å². The highest BCUT2D eigenvalue weighted by Gasteiger charge is 2.46. The van der Waals surface area contributed by atoms with Gasteiger partial charge in [-0.25, -0.2) is 14.4 Å². The van der Waals surface area contributed by atoms with Gasteiger partial charge in [0, 0.05) is 38.3 Å². The number of anilines is 3. The molecule has 34 heavy (non-hydrogen) atoms. The first kappa shape index (κ1) is 21.0. The van der Waals surface area contributed by atoms with E-state index in [4.69, 9.17) is 11.5 Å². The summed E-state index contributed by atoms with van der Waals surface area (Å²) in [5.74, 6) is 0.306. The molecule has 4 N–H and O–H groups in total. The summed E-state index contributed by atoms with van der Waals surface area (Å²) in [5.41, 5.74) is 16.7. The van der Waals surface area contributed by atoms with Gasteiger partial charge in [-0.3, -0.25) is 9.78 Å². The highest BCUT2D eigenvalue weighted by Crippen LogP contribution is 2.51. The predicted octanol–water partition coefficient (Wildman–Crippen LogP) is 2.64. The summed E-state index contributed by atoms with van der Waals surface area (Å²) in [5, 5.41) is 0. The Kier molecular flexibility index (Phi) is 4.77. The Bertz CT molecular complexity index is 1290. The zero-order chi connectivity index (χ0) is 23.4. The zero-order valence-corrected chi connectivity index (χ0v) is 18.7. The maximum Gasteiger partial charge on any atom is 0.280 e. The Balaban J connectivity index is 1.17. The minimum absolute atomic E-state index is 0.0707. The van der Waals surface area contributed by atoms with Gasteiger partial charge < -0.3 is 21.3 Å². The Morgan fingerprint density at radius 2 is 1.97 bits per heavy atom. The average Bonchev–Trinajstić information content (AvgIpc) is 3.38. The summed E-state index contributed by atoms with van der Waals surface area (Å²) in [4.78, 5) is 30.2. The molecule has 8 nitrogen and oxygen atoms in total. The van der Waals surface area contributed by atoms with Crippen molar-refractivity contribution in [1.82, 2.24) is 15.0 Å². The number of benzene rings is 1. The number of nitrogen functional groups attached to an aromatic ring is 1. The lowest BCUT2D eigenvalue weighted by Crippen LogP contribution is -2.44. The van der Waals surface area contributed by atoms with Crippen LogP contribution in [0, 0.1) is 11.2 Å². The first-order valence-corrected chi connectivity index (χ1v) is 11.6. The summed E-state index contributed by atoms with van der Waals surface area (Å²) >= 11 is 0. The van der Waals surface area contributed by atoms with Crippen LogP contribution >= 0.6 is 0 Å². The minimum Gasteiger partial charge on any atom is -0.382 e. The molecule has 1 atom stereocenters. The SMILES string of the molecule is Nc1nc(N2CCC3(CC2)Cc2cc(F)ccc2[C@H]3N)cnc1C(=O)N1CCc2ncccc21. The molecule has 3 aliphatic rings. The van der Waals surface area contributed by atoms with Gasteiger partial charge in [0.05, 0.1) is 17.6 Å². The van der Waals surface area contributed by atoms with Crippen LogP contribution in [0.2, 0.25) is 0 Å². The van der Waals surface area contributed by atoms with E-state index in [0.717, 1.165) is 54.9 Å². The summed E-state index contributed by atoms with van der Waals surface area (Å²) in [6, 6.07) is 8.54. The van der Waals surface area contributed by atoms with Crippen molar-refractivity contribution in [2.24, 2.45) is 11.1 Å². The molecule has 1 aliphatic carbocycles. The topological polar surface area (TPSA) is 114 Å². The molecule has 2 aliphatic heterocycles. The number of amides is 1. The molecule has 1 spiro atoms. The summed E-state index contributed by atoms with van der Waals surface area (Å²) in [6.45, 7) is 2.04. The van der Waals surface area contributed by atoms with Crippen LogP contribution in [-0.4, -0.2) is 40.5 Å². The number of piperidine rings is 1. The molecule has 0 radical (unpaired) electrons. The van der Waals surface area contributed by atoms with Crippen LogP contribution in [0.25, 0.3) is 0 Å². The maximum absolute atomic E-state index is 13.7. The second-order valence-corrected chi connectivity index (χ2v) is 9.49. The third-order valence-electron chi connectivity index (χ3n) is 7.69. The molecule has 6 rings (SSSR count). The van der Waals surface area contributed by atoms with E-state index in [1.54, 1.807) is 23.4 Å². The van der Waals surface area contributed by atoms with Gasteiger partial charge in [-0.05, 0) is 60.1 Å². The third-order valence-corrected chi connectivity index (χ3v) is 7.69. The smallest absolute Gasteiger partial charge is 0.280 e. The fraction of sp³-hybridized carbons (Fsp3) is 0.360. The molecular weight excluding hydrogens is 433 g/mol. The summed E-state index contributed by atoms with van der Waals surface area (Å²) < 4.78 is 13.7. The van der Waals surface area contributed by atoms with Crippen molar-refractivity contribution in [3.05, 3.63) is 71.1 Å². The van der Waals surface area contributed by atoms with E-state index < -0.39 is 0 Å². The van der Waals surface area contributed by atoms with Crippen LogP contribution in [-0.2, 0) is 12.8 Å². The highest BCUT2D eigenvalue weighted by atomic mass is 19.1. The Morgan fingerprint density at radius 1 is 1.15 bits per heavy atom. The number of aromatic nitrogens is 3. The van der Waals surface area contributed by atoms with Gasteiger partial charge >= 0.3 is 0 Å². The van der Waals surface area contributed by atoms with E-state index in [-0.39, 0.29) is 34.7 Å². The van der Waals surface area contributed by atoms with Gasteiger partial charge in [0.25, 0.3) is 5.91 Å². The van der Waals surface area contributed by atoms with E-state index >= 15 is 0 Å². The first-order valence-electron chi connectivity index (χ1n) is 11.6. The largest absolute Gasteiger partial charge is 0.382 e. The molecule has 9 heteroatoms. The van der Waals surface area contributed by atoms with E-state index in [1.807, 2.05) is 18.2 Å². The number of hydrogen-bond donors (Lipinski definition) is 2. The number of pyridine rings is 1. The number of fused-ring (bicyclic) bond motifs is 2. The molecule has 0 bridgehead atoms. The van der Waals surface area contributed by atoms with Gasteiger partial charge in [0.1, 0.15) is 11.6 Å². The van der Waals surface area contributed by atoms with Crippen molar-refractivity contribution in [2.75, 3.05) is 35.2 Å². The lowest BCUT2D eigenvalue weighted by atomic mass is 9.73. The van der Waals surface area contributed by atoms with Crippen LogP contribution in [0.5, 0.6) is 0 Å². The molecule has 3 aromatic rings. The minimum atomic E-state index is -0.261. The first-order chi connectivity index (χ1) is 16.4. The molecule has 1 aromatic carbocycles. The molecule has 1 saturated heterocycles. The number of rotatable bonds is 2. The second-order valence-electron chi connectivity index (χ2n) is 9.49. The summed E-state index contributed by atoms with van der Waals surface area (Å²) in [7, 11) is 0. The fourth-order valence-corrected chi connectivity index (χ4v) is 5.77. The number of carbonyl (C=O) groups is 1. The molecule has 4 heterocycles. The lowest BCUT2D eigenvalue weighted by molar-refractivity contribution is 0.0985. The van der Waals surface area contributed by atoms with Crippen LogP contribution < -0.4 is 21.3 Å². The molecule has 1 amide bonds. The molecule has 0 saturated carbocycles. The van der Waals surface area contributed by atoms with Gasteiger partial charge in [-0.15, -0.1) is 0 Å². The molecule has 0 unspecified atom stereocenters. The highest BCUT2D eigenvalue weighted by molar-refractivity contribution is 6.08. The quantitative estimate of drug-likeness (QED) is 0.605. The van der Waals surface area contributed by atoms with Gasteiger partial charge in [-0.2, -0.15) is 0 Å². The van der Waals surface area contributed by atoms with Gasteiger partial charge in [0.15, 0.2) is 11.5 Å². The van der Waals surface area contributed by atoms with Crippen LogP contribution in [0.15, 0.2) is 42.7 Å². The Hall–Kier alpha value is -3.59. The van der Waals surface area contributed by atoms with E-state index in [0.29, 0.717) is 18.8 Å². The Morgan fingerprint density at radius 3 is 2.76 bits per heavy atom. The van der Waals surface area contributed by atoms with Crippen molar-refractivity contribution in [3.8, 4) is 0 Å². The zero-order valence-electron chi connectivity index (χ0n) is 18.7. The van der Waals surface area contributed by atoms with Crippen LogP contribution in [0.4, 0.5) is 21.7 Å². The van der Waals surface area contributed by atoms with Gasteiger partial charge in [0.2, 0.25) is 0 Å². The number of nitrogens with zero attached hydrogens (tertiary/aromatic N) is 5. The van der Waals surface area contributed by atoms with Crippen molar-refractivity contribution in [3.63, 3.8) is 0 Å². The van der Waals surface area contributed by atoms with Crippen molar-refractivity contribution >= 4 is 23.2 Å². The monoisotopic (exact) mass is 459 g/mol. The normalized spacial score (nSPS) is 20.5. The van der Waals surface area contributed by atoms with Crippen molar-refractivity contribution in [2.45, 2.75) is 31.7 Å². The summed E-state index contributed by atoms with van der Waals surface area (Å²) in [6.07, 6.45) is 6.59. The predicted molar refractivity (Wildman–Crippen MR) is 127 cm³/mol.